The summed E-state index contributed by atoms with van der Waals surface area (Å²) in [4.78, 5) is 12.4. The number of ether oxygens (including phenoxy) is 1. The molecule has 0 unspecified atom stereocenters. The molecule has 1 aromatic carbocycles. The van der Waals surface area contributed by atoms with Crippen LogP contribution < -0.4 is 5.32 Å². The number of hydrogen-bond acceptors (Lipinski definition) is 4. The number of halogens is 3. The van der Waals surface area contributed by atoms with Gasteiger partial charge < -0.3 is 10.1 Å². The fourth-order valence-corrected chi connectivity index (χ4v) is 3.30. The number of carbonyl (C=O) groups is 1. The number of esters is 1. The first kappa shape index (κ1) is 15.3. The Morgan fingerprint density at radius 1 is 1.50 bits per heavy atom. The average molecular weight is 379 g/mol. The predicted molar refractivity (Wildman–Crippen MR) is 82.1 cm³/mol. The number of carbonyl (C=O) groups excluding carboxylic acids is 1. The lowest BCUT2D eigenvalue weighted by molar-refractivity contribution is 0.0600. The molecule has 0 fully saturated rings. The average Bonchev–Trinajstić information content (AvgIpc) is 2.76. The minimum absolute atomic E-state index is 0.244. The fourth-order valence-electron chi connectivity index (χ4n) is 1.57. The largest absolute Gasteiger partial charge is 0.465 e. The van der Waals surface area contributed by atoms with Crippen LogP contribution in [0.15, 0.2) is 28.7 Å². The Balaban J connectivity index is 2.14. The number of methoxy groups -OCH3 is 1. The number of nitrogens with one attached hydrogen (secondary N) is 1. The summed E-state index contributed by atoms with van der Waals surface area (Å²) in [6.45, 7) is 0.414. The summed E-state index contributed by atoms with van der Waals surface area (Å²) in [6, 6.07) is 5.89. The highest BCUT2D eigenvalue weighted by Gasteiger charge is 2.10. The van der Waals surface area contributed by atoms with Crippen LogP contribution in [0.25, 0.3) is 0 Å². The van der Waals surface area contributed by atoms with E-state index in [9.17, 15) is 9.18 Å². The van der Waals surface area contributed by atoms with Crippen LogP contribution in [0, 0.1) is 5.82 Å². The second kappa shape index (κ2) is 6.56. The minimum Gasteiger partial charge on any atom is -0.465 e. The molecule has 0 spiro atoms. The molecule has 2 aromatic rings. The molecule has 0 aliphatic carbocycles. The van der Waals surface area contributed by atoms with Crippen molar-refractivity contribution in [2.75, 3.05) is 12.4 Å². The maximum atomic E-state index is 13.7. The normalized spacial score (nSPS) is 10.4. The van der Waals surface area contributed by atoms with Crippen LogP contribution in [0.4, 0.5) is 10.1 Å². The van der Waals surface area contributed by atoms with Gasteiger partial charge in [0.25, 0.3) is 0 Å². The first-order valence-corrected chi connectivity index (χ1v) is 7.55. The van der Waals surface area contributed by atoms with Gasteiger partial charge in [0.2, 0.25) is 0 Å². The van der Waals surface area contributed by atoms with Crippen molar-refractivity contribution < 1.29 is 13.9 Å². The molecule has 3 nitrogen and oxygen atoms in total. The summed E-state index contributed by atoms with van der Waals surface area (Å²) >= 11 is 10.6. The van der Waals surface area contributed by atoms with Gasteiger partial charge in [0, 0.05) is 15.9 Å². The standard InChI is InChI=1S/C13H10BrClFNO2S/c1-19-13(18)7-2-3-10(16)11(4-7)17-6-8-5-9(14)12(15)20-8/h2-5,17H,6H2,1H3. The van der Waals surface area contributed by atoms with E-state index >= 15 is 0 Å². The van der Waals surface area contributed by atoms with E-state index < -0.39 is 11.8 Å². The van der Waals surface area contributed by atoms with Gasteiger partial charge in [0.15, 0.2) is 0 Å². The van der Waals surface area contributed by atoms with Crippen molar-refractivity contribution in [3.05, 3.63) is 49.3 Å². The van der Waals surface area contributed by atoms with Crippen LogP contribution >= 0.6 is 38.9 Å². The topological polar surface area (TPSA) is 38.3 Å². The zero-order chi connectivity index (χ0) is 14.7. The summed E-state index contributed by atoms with van der Waals surface area (Å²) in [7, 11) is 1.28. The van der Waals surface area contributed by atoms with E-state index in [1.54, 1.807) is 0 Å². The Morgan fingerprint density at radius 2 is 2.25 bits per heavy atom. The Kier molecular flexibility index (Phi) is 5.01. The van der Waals surface area contributed by atoms with E-state index in [0.717, 1.165) is 9.35 Å². The Hall–Kier alpha value is -1.11. The molecule has 0 bridgehead atoms. The Labute approximate surface area is 132 Å². The maximum absolute atomic E-state index is 13.7. The highest BCUT2D eigenvalue weighted by molar-refractivity contribution is 9.10. The molecule has 2 rings (SSSR count). The van der Waals surface area contributed by atoms with Gasteiger partial charge in [-0.15, -0.1) is 11.3 Å². The summed E-state index contributed by atoms with van der Waals surface area (Å²) < 4.78 is 19.7. The van der Waals surface area contributed by atoms with Crippen LogP contribution in [0.1, 0.15) is 15.2 Å². The van der Waals surface area contributed by atoms with Crippen molar-refractivity contribution in [2.45, 2.75) is 6.54 Å². The zero-order valence-electron chi connectivity index (χ0n) is 10.4. The first-order chi connectivity index (χ1) is 9.51. The lowest BCUT2D eigenvalue weighted by Crippen LogP contribution is -2.05. The molecule has 1 N–H and O–H groups in total. The van der Waals surface area contributed by atoms with E-state index in [2.05, 4.69) is 26.0 Å². The smallest absolute Gasteiger partial charge is 0.337 e. The van der Waals surface area contributed by atoms with E-state index in [-0.39, 0.29) is 5.69 Å². The van der Waals surface area contributed by atoms with Crippen molar-refractivity contribution in [3.8, 4) is 0 Å². The SMILES string of the molecule is COC(=O)c1ccc(F)c(NCc2cc(Br)c(Cl)s2)c1. The molecule has 0 saturated carbocycles. The van der Waals surface area contributed by atoms with Gasteiger partial charge in [-0.05, 0) is 40.2 Å². The van der Waals surface area contributed by atoms with Crippen LogP contribution in [-0.4, -0.2) is 13.1 Å². The molecule has 20 heavy (non-hydrogen) atoms. The highest BCUT2D eigenvalue weighted by atomic mass is 79.9. The van der Waals surface area contributed by atoms with Crippen LogP contribution in [-0.2, 0) is 11.3 Å². The minimum atomic E-state index is -0.505. The lowest BCUT2D eigenvalue weighted by Gasteiger charge is -2.08. The number of hydrogen-bond donors (Lipinski definition) is 1. The molecule has 0 saturated heterocycles. The number of rotatable bonds is 4. The third-order valence-corrected chi connectivity index (χ3v) is 5.01. The van der Waals surface area contributed by atoms with Crippen molar-refractivity contribution >= 4 is 50.5 Å². The summed E-state index contributed by atoms with van der Waals surface area (Å²) in [5, 5.41) is 2.94. The molecular weight excluding hydrogens is 369 g/mol. The van der Waals surface area contributed by atoms with Crippen LogP contribution in [0.3, 0.4) is 0 Å². The van der Waals surface area contributed by atoms with Gasteiger partial charge in [0.05, 0.1) is 18.4 Å². The van der Waals surface area contributed by atoms with Gasteiger partial charge >= 0.3 is 5.97 Å². The monoisotopic (exact) mass is 377 g/mol. The van der Waals surface area contributed by atoms with Crippen molar-refractivity contribution in [1.82, 2.24) is 0 Å². The van der Waals surface area contributed by atoms with E-state index in [0.29, 0.717) is 16.4 Å². The molecule has 1 aromatic heterocycles. The molecule has 0 aliphatic rings. The number of anilines is 1. The predicted octanol–water partition coefficient (Wildman–Crippen LogP) is 4.70. The fraction of sp³-hybridized carbons (Fsp3) is 0.154. The van der Waals surface area contributed by atoms with Gasteiger partial charge in [-0.1, -0.05) is 11.6 Å². The molecule has 0 aliphatic heterocycles. The second-order valence-electron chi connectivity index (χ2n) is 3.87. The van der Waals surface area contributed by atoms with E-state index in [1.165, 1.54) is 36.6 Å². The van der Waals surface area contributed by atoms with E-state index in [1.807, 2.05) is 6.07 Å². The summed E-state index contributed by atoms with van der Waals surface area (Å²) in [5.74, 6) is -0.936. The third kappa shape index (κ3) is 3.50. The van der Waals surface area contributed by atoms with Crippen LogP contribution in [0.2, 0.25) is 4.34 Å². The summed E-state index contributed by atoms with van der Waals surface area (Å²) in [6.07, 6.45) is 0. The first-order valence-electron chi connectivity index (χ1n) is 5.56. The van der Waals surface area contributed by atoms with E-state index in [4.69, 9.17) is 11.6 Å². The number of thiophene rings is 1. The molecule has 0 radical (unpaired) electrons. The molecule has 7 heteroatoms. The maximum Gasteiger partial charge on any atom is 0.337 e. The van der Waals surface area contributed by atoms with Gasteiger partial charge in [0.1, 0.15) is 10.2 Å². The van der Waals surface area contributed by atoms with Gasteiger partial charge in [-0.3, -0.25) is 0 Å². The quantitative estimate of drug-likeness (QED) is 0.784. The Bertz CT molecular complexity index is 628. The third-order valence-electron chi connectivity index (χ3n) is 2.54. The van der Waals surface area contributed by atoms with Crippen molar-refractivity contribution in [3.63, 3.8) is 0 Å². The summed E-state index contributed by atoms with van der Waals surface area (Å²) in [5.41, 5.74) is 0.537. The molecule has 0 atom stereocenters. The molecular formula is C13H10BrClFNO2S. The lowest BCUT2D eigenvalue weighted by atomic mass is 10.2. The van der Waals surface area contributed by atoms with Crippen molar-refractivity contribution in [2.24, 2.45) is 0 Å². The number of benzene rings is 1. The highest BCUT2D eigenvalue weighted by Crippen LogP contribution is 2.32. The second-order valence-corrected chi connectivity index (χ2v) is 6.47. The van der Waals surface area contributed by atoms with Crippen LogP contribution in [0.5, 0.6) is 0 Å². The van der Waals surface area contributed by atoms with Gasteiger partial charge in [-0.25, -0.2) is 9.18 Å². The Morgan fingerprint density at radius 3 is 2.85 bits per heavy atom. The van der Waals surface area contributed by atoms with Gasteiger partial charge in [-0.2, -0.15) is 0 Å². The molecule has 106 valence electrons. The molecule has 0 amide bonds. The molecule has 1 heterocycles. The zero-order valence-corrected chi connectivity index (χ0v) is 13.5. The van der Waals surface area contributed by atoms with Crippen molar-refractivity contribution in [1.29, 1.82) is 0 Å².